The van der Waals surface area contributed by atoms with Crippen molar-refractivity contribution in [3.05, 3.63) is 32.8 Å². The fourth-order valence-electron chi connectivity index (χ4n) is 2.24. The van der Waals surface area contributed by atoms with Gasteiger partial charge in [0.05, 0.1) is 11.0 Å². The molecule has 0 radical (unpaired) electrons. The lowest BCUT2D eigenvalue weighted by atomic mass is 10.0. The Balaban J connectivity index is 2.15. The summed E-state index contributed by atoms with van der Waals surface area (Å²) in [6, 6.07) is 2.58. The predicted octanol–water partition coefficient (Wildman–Crippen LogP) is 2.64. The van der Waals surface area contributed by atoms with Crippen LogP contribution in [0.5, 0.6) is 0 Å². The van der Waals surface area contributed by atoms with Crippen molar-refractivity contribution in [3.63, 3.8) is 0 Å². The van der Waals surface area contributed by atoms with E-state index in [9.17, 15) is 14.9 Å². The van der Waals surface area contributed by atoms with Crippen molar-refractivity contribution in [2.75, 3.05) is 11.9 Å². The first kappa shape index (κ1) is 14.7. The average Bonchev–Trinajstić information content (AvgIpc) is 2.43. The molecular weight excluding hydrogens is 282 g/mol. The number of hydrogen-bond donors (Lipinski definition) is 2. The number of halogens is 1. The molecule has 1 aliphatic heterocycles. The summed E-state index contributed by atoms with van der Waals surface area (Å²) in [5.74, 6) is -0.127. The monoisotopic (exact) mass is 297 g/mol. The number of carbonyl (C=O) groups is 1. The highest BCUT2D eigenvalue weighted by Gasteiger charge is 2.22. The van der Waals surface area contributed by atoms with Gasteiger partial charge in [0.15, 0.2) is 0 Å². The Morgan fingerprint density at radius 3 is 2.85 bits per heavy atom. The van der Waals surface area contributed by atoms with Crippen LogP contribution in [-0.2, 0) is 4.79 Å². The van der Waals surface area contributed by atoms with Crippen LogP contribution in [0.3, 0.4) is 0 Å². The maximum absolute atomic E-state index is 12.1. The molecule has 108 valence electrons. The average molecular weight is 298 g/mol. The van der Waals surface area contributed by atoms with E-state index in [1.807, 2.05) is 0 Å². The van der Waals surface area contributed by atoms with Crippen LogP contribution < -0.4 is 10.6 Å². The minimum absolute atomic E-state index is 0.0208. The van der Waals surface area contributed by atoms with Gasteiger partial charge in [-0.3, -0.25) is 14.9 Å². The summed E-state index contributed by atoms with van der Waals surface area (Å²) in [7, 11) is 0. The minimum atomic E-state index is -0.538. The van der Waals surface area contributed by atoms with E-state index in [4.69, 9.17) is 11.6 Å². The summed E-state index contributed by atoms with van der Waals surface area (Å²) in [4.78, 5) is 22.3. The lowest BCUT2D eigenvalue weighted by Crippen LogP contribution is -2.43. The van der Waals surface area contributed by atoms with Gasteiger partial charge in [0.2, 0.25) is 5.91 Å². The van der Waals surface area contributed by atoms with Crippen molar-refractivity contribution in [1.29, 1.82) is 0 Å². The summed E-state index contributed by atoms with van der Waals surface area (Å²) >= 11 is 5.86. The fraction of sp³-hybridized carbons (Fsp3) is 0.462. The zero-order valence-corrected chi connectivity index (χ0v) is 11.9. The number of nitro benzene ring substituents is 1. The molecule has 1 amide bonds. The molecule has 0 aliphatic carbocycles. The topological polar surface area (TPSA) is 84.3 Å². The first-order valence-electron chi connectivity index (χ1n) is 6.48. The molecule has 1 heterocycles. The Kier molecular flexibility index (Phi) is 4.57. The normalized spacial score (nSPS) is 18.6. The van der Waals surface area contributed by atoms with Crippen LogP contribution >= 0.6 is 11.6 Å². The second-order valence-corrected chi connectivity index (χ2v) is 5.27. The second-order valence-electron chi connectivity index (χ2n) is 4.87. The molecule has 6 nitrogen and oxygen atoms in total. The van der Waals surface area contributed by atoms with Crippen LogP contribution in [0.15, 0.2) is 12.1 Å². The highest BCUT2D eigenvalue weighted by molar-refractivity contribution is 6.33. The minimum Gasteiger partial charge on any atom is -0.324 e. The SMILES string of the molecule is Cc1cc([N+](=O)[O-])c(Cl)cc1NC(=O)C1CCCCN1. The second kappa shape index (κ2) is 6.19. The number of aryl methyl sites for hydroxylation is 1. The van der Waals surface area contributed by atoms with Crippen molar-refractivity contribution >= 4 is 28.9 Å². The van der Waals surface area contributed by atoms with Crippen LogP contribution in [0.2, 0.25) is 5.02 Å². The third-order valence-electron chi connectivity index (χ3n) is 3.38. The molecule has 1 atom stereocenters. The van der Waals surface area contributed by atoms with Gasteiger partial charge in [-0.05, 0) is 37.9 Å². The third-order valence-corrected chi connectivity index (χ3v) is 3.68. The molecule has 2 rings (SSSR count). The number of rotatable bonds is 3. The molecule has 0 saturated carbocycles. The van der Waals surface area contributed by atoms with Crippen LogP contribution in [0.1, 0.15) is 24.8 Å². The van der Waals surface area contributed by atoms with Crippen molar-refractivity contribution in [3.8, 4) is 0 Å². The summed E-state index contributed by atoms with van der Waals surface area (Å²) < 4.78 is 0. The molecule has 1 aromatic rings. The lowest BCUT2D eigenvalue weighted by molar-refractivity contribution is -0.384. The summed E-state index contributed by atoms with van der Waals surface area (Å²) in [6.07, 6.45) is 2.89. The van der Waals surface area contributed by atoms with Crippen molar-refractivity contribution in [2.45, 2.75) is 32.2 Å². The van der Waals surface area contributed by atoms with Gasteiger partial charge < -0.3 is 10.6 Å². The molecule has 20 heavy (non-hydrogen) atoms. The highest BCUT2D eigenvalue weighted by Crippen LogP contribution is 2.30. The smallest absolute Gasteiger partial charge is 0.288 e. The third kappa shape index (κ3) is 3.26. The van der Waals surface area contributed by atoms with Gasteiger partial charge >= 0.3 is 0 Å². The Morgan fingerprint density at radius 1 is 1.50 bits per heavy atom. The van der Waals surface area contributed by atoms with E-state index in [1.165, 1.54) is 12.1 Å². The summed E-state index contributed by atoms with van der Waals surface area (Å²) in [6.45, 7) is 2.53. The van der Waals surface area contributed by atoms with E-state index >= 15 is 0 Å². The van der Waals surface area contributed by atoms with E-state index in [-0.39, 0.29) is 22.7 Å². The van der Waals surface area contributed by atoms with Gasteiger partial charge in [-0.2, -0.15) is 0 Å². The van der Waals surface area contributed by atoms with Crippen LogP contribution in [0, 0.1) is 17.0 Å². The van der Waals surface area contributed by atoms with E-state index < -0.39 is 4.92 Å². The van der Waals surface area contributed by atoms with E-state index in [1.54, 1.807) is 6.92 Å². The van der Waals surface area contributed by atoms with Gasteiger partial charge in [0, 0.05) is 11.8 Å². The molecule has 0 spiro atoms. The molecule has 7 heteroatoms. The van der Waals surface area contributed by atoms with Gasteiger partial charge in [0.25, 0.3) is 5.69 Å². The Hall–Kier alpha value is -1.66. The number of nitro groups is 1. The number of hydrogen-bond acceptors (Lipinski definition) is 4. The van der Waals surface area contributed by atoms with Crippen LogP contribution in [0.25, 0.3) is 0 Å². The van der Waals surface area contributed by atoms with Gasteiger partial charge in [0.1, 0.15) is 5.02 Å². The maximum atomic E-state index is 12.1. The van der Waals surface area contributed by atoms with E-state index in [0.717, 1.165) is 25.8 Å². The molecule has 0 bridgehead atoms. The molecular formula is C13H16ClN3O3. The molecule has 2 N–H and O–H groups in total. The number of nitrogens with zero attached hydrogens (tertiary/aromatic N) is 1. The molecule has 1 aliphatic rings. The maximum Gasteiger partial charge on any atom is 0.288 e. The van der Waals surface area contributed by atoms with Crippen molar-refractivity contribution in [1.82, 2.24) is 5.32 Å². The predicted molar refractivity (Wildman–Crippen MR) is 77.1 cm³/mol. The van der Waals surface area contributed by atoms with Crippen LogP contribution in [-0.4, -0.2) is 23.4 Å². The Morgan fingerprint density at radius 2 is 2.25 bits per heavy atom. The summed E-state index contributed by atoms with van der Waals surface area (Å²) in [5, 5.41) is 16.7. The number of nitrogens with one attached hydrogen (secondary N) is 2. The summed E-state index contributed by atoms with van der Waals surface area (Å²) in [5.41, 5.74) is 0.973. The quantitative estimate of drug-likeness (QED) is 0.663. The molecule has 1 fully saturated rings. The van der Waals surface area contributed by atoms with Crippen molar-refractivity contribution in [2.24, 2.45) is 0 Å². The Bertz CT molecular complexity index is 542. The highest BCUT2D eigenvalue weighted by atomic mass is 35.5. The van der Waals surface area contributed by atoms with E-state index in [0.29, 0.717) is 11.3 Å². The number of piperidine rings is 1. The number of anilines is 1. The first-order chi connectivity index (χ1) is 9.49. The number of carbonyl (C=O) groups excluding carboxylic acids is 1. The molecule has 0 aromatic heterocycles. The van der Waals surface area contributed by atoms with E-state index in [2.05, 4.69) is 10.6 Å². The van der Waals surface area contributed by atoms with Gasteiger partial charge in [-0.25, -0.2) is 0 Å². The zero-order valence-electron chi connectivity index (χ0n) is 11.1. The number of amides is 1. The molecule has 1 unspecified atom stereocenters. The fourth-order valence-corrected chi connectivity index (χ4v) is 2.47. The van der Waals surface area contributed by atoms with Gasteiger partial charge in [-0.15, -0.1) is 0 Å². The zero-order chi connectivity index (χ0) is 14.7. The lowest BCUT2D eigenvalue weighted by Gasteiger charge is -2.23. The van der Waals surface area contributed by atoms with Gasteiger partial charge in [-0.1, -0.05) is 18.0 Å². The largest absolute Gasteiger partial charge is 0.324 e. The number of benzene rings is 1. The first-order valence-corrected chi connectivity index (χ1v) is 6.85. The Labute approximate surface area is 121 Å². The standard InChI is InChI=1S/C13H16ClN3O3/c1-8-6-12(17(19)20)9(14)7-11(8)16-13(18)10-4-2-3-5-15-10/h6-7,10,15H,2-5H2,1H3,(H,16,18). The van der Waals surface area contributed by atoms with Crippen LogP contribution in [0.4, 0.5) is 11.4 Å². The van der Waals surface area contributed by atoms with Crippen molar-refractivity contribution < 1.29 is 9.72 Å². The molecule has 1 saturated heterocycles. The molecule has 1 aromatic carbocycles.